The van der Waals surface area contributed by atoms with Crippen LogP contribution in [0.25, 0.3) is 11.8 Å². The van der Waals surface area contributed by atoms with Crippen LogP contribution in [-0.4, -0.2) is 33.2 Å². The summed E-state index contributed by atoms with van der Waals surface area (Å²) in [6, 6.07) is 6.64. The molecule has 2 atom stereocenters. The molecule has 1 saturated carbocycles. The Hall–Kier alpha value is -2.43. The molecule has 2 aromatic rings. The van der Waals surface area contributed by atoms with Crippen molar-refractivity contribution in [1.82, 2.24) is 14.7 Å². The van der Waals surface area contributed by atoms with Gasteiger partial charge < -0.3 is 4.90 Å². The quantitative estimate of drug-likeness (QED) is 0.713. The lowest BCUT2D eigenvalue weighted by Gasteiger charge is -2.38. The van der Waals surface area contributed by atoms with Crippen molar-refractivity contribution in [3.8, 4) is 5.69 Å². The van der Waals surface area contributed by atoms with E-state index >= 15 is 0 Å². The van der Waals surface area contributed by atoms with Gasteiger partial charge in [-0.2, -0.15) is 5.10 Å². The number of allylic oxidation sites excluding steroid dienone is 1. The van der Waals surface area contributed by atoms with Crippen LogP contribution in [0.5, 0.6) is 0 Å². The van der Waals surface area contributed by atoms with Crippen LogP contribution in [0.2, 0.25) is 0 Å². The highest BCUT2D eigenvalue weighted by atomic mass is 19.1. The summed E-state index contributed by atoms with van der Waals surface area (Å²) in [5.74, 6) is 0.0618. The molecule has 0 unspecified atom stereocenters. The average Bonchev–Trinajstić information content (AvgIpc) is 3.23. The molecule has 2 aliphatic carbocycles. The van der Waals surface area contributed by atoms with Crippen LogP contribution in [0, 0.1) is 17.2 Å². The largest absolute Gasteiger partial charge is 0.340 e. The van der Waals surface area contributed by atoms with Gasteiger partial charge in [0.2, 0.25) is 5.91 Å². The summed E-state index contributed by atoms with van der Waals surface area (Å²) in [7, 11) is 0. The minimum absolute atomic E-state index is 0.0185. The monoisotopic (exact) mass is 395 g/mol. The number of fused-ring (bicyclic) bond motifs is 2. The molecule has 2 aliphatic rings. The smallest absolute Gasteiger partial charge is 0.226 e. The van der Waals surface area contributed by atoms with Crippen LogP contribution in [0.1, 0.15) is 58.2 Å². The number of hydrogen-bond donors (Lipinski definition) is 0. The molecule has 0 N–H and O–H groups in total. The maximum atomic E-state index is 13.4. The van der Waals surface area contributed by atoms with Gasteiger partial charge in [-0.1, -0.05) is 19.4 Å². The lowest BCUT2D eigenvalue weighted by molar-refractivity contribution is -0.140. The maximum absolute atomic E-state index is 13.4. The minimum atomic E-state index is -0.250. The van der Waals surface area contributed by atoms with Crippen molar-refractivity contribution >= 4 is 12.0 Å². The Balaban J connectivity index is 1.66. The summed E-state index contributed by atoms with van der Waals surface area (Å²) in [5, 5.41) is 4.57. The zero-order valence-electron chi connectivity index (χ0n) is 17.8. The van der Waals surface area contributed by atoms with Gasteiger partial charge >= 0.3 is 0 Å². The summed E-state index contributed by atoms with van der Waals surface area (Å²) in [5.41, 5.74) is 4.26. The minimum Gasteiger partial charge on any atom is -0.340 e. The van der Waals surface area contributed by atoms with Crippen molar-refractivity contribution in [2.45, 2.75) is 59.4 Å². The van der Waals surface area contributed by atoms with Crippen molar-refractivity contribution < 1.29 is 9.18 Å². The lowest BCUT2D eigenvalue weighted by Crippen LogP contribution is -2.46. The molecule has 0 saturated heterocycles. The molecule has 1 heterocycles. The van der Waals surface area contributed by atoms with Crippen LogP contribution >= 0.6 is 0 Å². The highest BCUT2D eigenvalue weighted by Crippen LogP contribution is 2.53. The summed E-state index contributed by atoms with van der Waals surface area (Å²) >= 11 is 0. The molecule has 1 fully saturated rings. The van der Waals surface area contributed by atoms with E-state index in [1.165, 1.54) is 17.7 Å². The van der Waals surface area contributed by atoms with Gasteiger partial charge in [-0.25, -0.2) is 9.07 Å². The van der Waals surface area contributed by atoms with E-state index in [4.69, 9.17) is 0 Å². The summed E-state index contributed by atoms with van der Waals surface area (Å²) in [6.45, 7) is 9.40. The molecule has 0 aliphatic heterocycles. The molecule has 4 rings (SSSR count). The van der Waals surface area contributed by atoms with Gasteiger partial charge in [0, 0.05) is 23.9 Å². The molecule has 4 nitrogen and oxygen atoms in total. The van der Waals surface area contributed by atoms with Crippen LogP contribution in [-0.2, 0) is 11.2 Å². The molecule has 154 valence electrons. The van der Waals surface area contributed by atoms with Crippen molar-refractivity contribution in [2.75, 3.05) is 6.54 Å². The van der Waals surface area contributed by atoms with E-state index in [1.807, 2.05) is 10.9 Å². The van der Waals surface area contributed by atoms with E-state index < -0.39 is 0 Å². The third-order valence-corrected chi connectivity index (χ3v) is 6.70. The second kappa shape index (κ2) is 7.43. The van der Waals surface area contributed by atoms with Gasteiger partial charge in [0.05, 0.1) is 17.6 Å². The van der Waals surface area contributed by atoms with E-state index in [1.54, 1.807) is 12.1 Å². The molecule has 5 heteroatoms. The molecular weight excluding hydrogens is 365 g/mol. The second-order valence-corrected chi connectivity index (χ2v) is 8.92. The SMILES string of the molecule is CCCN(C(=O)[C@H]1CCC2=Cc3c(cnn3-c3ccc(F)cc3)C[C@@]21C)C(C)C. The Labute approximate surface area is 172 Å². The molecule has 0 bridgehead atoms. The molecule has 1 aromatic carbocycles. The van der Waals surface area contributed by atoms with Gasteiger partial charge in [0.1, 0.15) is 5.82 Å². The Kier molecular flexibility index (Phi) is 5.09. The van der Waals surface area contributed by atoms with Gasteiger partial charge in [-0.05, 0) is 75.4 Å². The number of benzene rings is 1. The number of rotatable bonds is 5. The molecule has 29 heavy (non-hydrogen) atoms. The zero-order chi connectivity index (χ0) is 20.8. The summed E-state index contributed by atoms with van der Waals surface area (Å²) in [6.07, 6.45) is 7.78. The van der Waals surface area contributed by atoms with Gasteiger partial charge in [0.25, 0.3) is 0 Å². The molecule has 0 radical (unpaired) electrons. The van der Waals surface area contributed by atoms with E-state index in [0.29, 0.717) is 5.91 Å². The number of amides is 1. The van der Waals surface area contributed by atoms with E-state index in [0.717, 1.165) is 49.2 Å². The predicted octanol–water partition coefficient (Wildman–Crippen LogP) is 5.01. The highest BCUT2D eigenvalue weighted by molar-refractivity contribution is 5.82. The Morgan fingerprint density at radius 2 is 2.07 bits per heavy atom. The van der Waals surface area contributed by atoms with Gasteiger partial charge in [0.15, 0.2) is 0 Å². The van der Waals surface area contributed by atoms with Crippen LogP contribution < -0.4 is 0 Å². The van der Waals surface area contributed by atoms with Crippen LogP contribution in [0.4, 0.5) is 4.39 Å². The standard InChI is InChI=1S/C24H30FN3O/c1-5-12-27(16(2)3)23(29)21-11-6-18-13-22-17(14-24(18,21)4)15-26-28(22)20-9-7-19(25)8-10-20/h7-10,13,15-16,21H,5-6,11-12,14H2,1-4H3/t21-,24+/m1/s1. The molecule has 0 spiro atoms. The Bertz CT molecular complexity index is 944. The van der Waals surface area contributed by atoms with Gasteiger partial charge in [-0.15, -0.1) is 0 Å². The second-order valence-electron chi connectivity index (χ2n) is 8.92. The molecule has 1 amide bonds. The highest BCUT2D eigenvalue weighted by Gasteiger charge is 2.49. The fourth-order valence-corrected chi connectivity index (χ4v) is 5.09. The normalized spacial score (nSPS) is 23.0. The van der Waals surface area contributed by atoms with Crippen LogP contribution in [0.15, 0.2) is 36.0 Å². The molecule has 1 aromatic heterocycles. The number of aromatic nitrogens is 2. The van der Waals surface area contributed by atoms with Crippen molar-refractivity contribution in [2.24, 2.45) is 11.3 Å². The maximum Gasteiger partial charge on any atom is 0.226 e. The number of carbonyl (C=O) groups is 1. The van der Waals surface area contributed by atoms with Gasteiger partial charge in [-0.3, -0.25) is 4.79 Å². The topological polar surface area (TPSA) is 38.1 Å². The first kappa shape index (κ1) is 19.9. The first-order chi connectivity index (χ1) is 13.8. The van der Waals surface area contributed by atoms with E-state index in [2.05, 4.69) is 43.8 Å². The van der Waals surface area contributed by atoms with Crippen LogP contribution in [0.3, 0.4) is 0 Å². The fourth-order valence-electron chi connectivity index (χ4n) is 5.09. The lowest BCUT2D eigenvalue weighted by atomic mass is 9.69. The molecular formula is C24H30FN3O. The Morgan fingerprint density at radius 1 is 1.34 bits per heavy atom. The predicted molar refractivity (Wildman–Crippen MR) is 113 cm³/mol. The fraction of sp³-hybridized carbons (Fsp3) is 0.500. The van der Waals surface area contributed by atoms with Crippen molar-refractivity contribution in [3.05, 3.63) is 53.1 Å². The summed E-state index contributed by atoms with van der Waals surface area (Å²) in [4.78, 5) is 15.5. The summed E-state index contributed by atoms with van der Waals surface area (Å²) < 4.78 is 15.2. The van der Waals surface area contributed by atoms with E-state index in [-0.39, 0.29) is 23.2 Å². The third kappa shape index (κ3) is 3.30. The van der Waals surface area contributed by atoms with E-state index in [9.17, 15) is 9.18 Å². The average molecular weight is 396 g/mol. The number of nitrogens with zero attached hydrogens (tertiary/aromatic N) is 3. The first-order valence-corrected chi connectivity index (χ1v) is 10.7. The Morgan fingerprint density at radius 3 is 2.72 bits per heavy atom. The van der Waals surface area contributed by atoms with Crippen molar-refractivity contribution in [1.29, 1.82) is 0 Å². The third-order valence-electron chi connectivity index (χ3n) is 6.70. The van der Waals surface area contributed by atoms with Crippen molar-refractivity contribution in [3.63, 3.8) is 0 Å². The number of hydrogen-bond acceptors (Lipinski definition) is 2. The zero-order valence-corrected chi connectivity index (χ0v) is 17.8. The number of halogens is 1. The first-order valence-electron chi connectivity index (χ1n) is 10.7. The number of carbonyl (C=O) groups excluding carboxylic acids is 1.